The second kappa shape index (κ2) is 6.13. The first kappa shape index (κ1) is 14.5. The SMILES string of the molecule is OC(CNc1ccc(Br)cc1Cl)c1ccc2c(c1)OCO2. The predicted octanol–water partition coefficient (Wildman–Crippen LogP) is 3.98. The highest BCUT2D eigenvalue weighted by Gasteiger charge is 2.16. The van der Waals surface area contributed by atoms with Gasteiger partial charge in [0.15, 0.2) is 11.5 Å². The first-order valence-electron chi connectivity index (χ1n) is 6.40. The molecule has 1 unspecified atom stereocenters. The van der Waals surface area contributed by atoms with Crippen LogP contribution in [0.4, 0.5) is 5.69 Å². The number of halogens is 2. The number of fused-ring (bicyclic) bond motifs is 1. The fourth-order valence-corrected chi connectivity index (χ4v) is 2.82. The van der Waals surface area contributed by atoms with Crippen LogP contribution < -0.4 is 14.8 Å². The Morgan fingerprint density at radius 1 is 1.19 bits per heavy atom. The summed E-state index contributed by atoms with van der Waals surface area (Å²) in [6.07, 6.45) is -0.667. The Balaban J connectivity index is 1.67. The normalized spacial score (nSPS) is 14.0. The minimum absolute atomic E-state index is 0.224. The summed E-state index contributed by atoms with van der Waals surface area (Å²) in [7, 11) is 0. The zero-order chi connectivity index (χ0) is 14.8. The van der Waals surface area contributed by atoms with E-state index >= 15 is 0 Å². The molecule has 0 aliphatic carbocycles. The van der Waals surface area contributed by atoms with Crippen molar-refractivity contribution in [1.29, 1.82) is 0 Å². The van der Waals surface area contributed by atoms with Crippen LogP contribution >= 0.6 is 27.5 Å². The number of aliphatic hydroxyl groups is 1. The third-order valence-corrected chi connectivity index (χ3v) is 4.00. The highest BCUT2D eigenvalue weighted by molar-refractivity contribution is 9.10. The zero-order valence-electron chi connectivity index (χ0n) is 11.0. The molecular weight excluding hydrogens is 358 g/mol. The van der Waals surface area contributed by atoms with Crippen LogP contribution in [0.25, 0.3) is 0 Å². The van der Waals surface area contributed by atoms with Crippen molar-refractivity contribution in [2.24, 2.45) is 0 Å². The molecule has 0 amide bonds. The van der Waals surface area contributed by atoms with Crippen molar-refractivity contribution >= 4 is 33.2 Å². The van der Waals surface area contributed by atoms with E-state index in [9.17, 15) is 5.11 Å². The number of hydrogen-bond acceptors (Lipinski definition) is 4. The van der Waals surface area contributed by atoms with Crippen molar-refractivity contribution in [2.45, 2.75) is 6.10 Å². The molecule has 2 aromatic rings. The van der Waals surface area contributed by atoms with Crippen LogP contribution in [0.1, 0.15) is 11.7 Å². The molecule has 6 heteroatoms. The molecule has 1 aliphatic rings. The second-order valence-electron chi connectivity index (χ2n) is 4.63. The van der Waals surface area contributed by atoms with E-state index in [1.165, 1.54) is 0 Å². The first-order valence-corrected chi connectivity index (χ1v) is 7.57. The maximum absolute atomic E-state index is 10.2. The number of ether oxygens (including phenoxy) is 2. The highest BCUT2D eigenvalue weighted by Crippen LogP contribution is 2.34. The average molecular weight is 371 g/mol. The molecular formula is C15H13BrClNO3. The van der Waals surface area contributed by atoms with Gasteiger partial charge in [0, 0.05) is 11.0 Å². The Kier molecular flexibility index (Phi) is 4.24. The summed E-state index contributed by atoms with van der Waals surface area (Å²) < 4.78 is 11.5. The van der Waals surface area contributed by atoms with E-state index in [1.807, 2.05) is 18.2 Å². The van der Waals surface area contributed by atoms with Gasteiger partial charge in [0.2, 0.25) is 6.79 Å². The van der Waals surface area contributed by atoms with Crippen molar-refractivity contribution in [3.63, 3.8) is 0 Å². The minimum atomic E-state index is -0.667. The Labute approximate surface area is 135 Å². The first-order chi connectivity index (χ1) is 10.1. The number of benzene rings is 2. The third kappa shape index (κ3) is 3.26. The van der Waals surface area contributed by atoms with Crippen LogP contribution in [0.3, 0.4) is 0 Å². The molecule has 0 bridgehead atoms. The van der Waals surface area contributed by atoms with E-state index < -0.39 is 6.10 Å². The van der Waals surface area contributed by atoms with Gasteiger partial charge in [-0.2, -0.15) is 0 Å². The summed E-state index contributed by atoms with van der Waals surface area (Å²) in [4.78, 5) is 0. The molecule has 2 aromatic carbocycles. The lowest BCUT2D eigenvalue weighted by Gasteiger charge is -2.14. The summed E-state index contributed by atoms with van der Waals surface area (Å²) in [5, 5.41) is 14.0. The molecule has 1 heterocycles. The fraction of sp³-hybridized carbons (Fsp3) is 0.200. The van der Waals surface area contributed by atoms with Crippen LogP contribution in [-0.4, -0.2) is 18.4 Å². The lowest BCUT2D eigenvalue weighted by molar-refractivity contribution is 0.173. The van der Waals surface area contributed by atoms with Gasteiger partial charge in [0.25, 0.3) is 0 Å². The minimum Gasteiger partial charge on any atom is -0.454 e. The van der Waals surface area contributed by atoms with E-state index in [0.29, 0.717) is 23.1 Å². The van der Waals surface area contributed by atoms with Crippen molar-refractivity contribution in [3.8, 4) is 11.5 Å². The molecule has 0 fully saturated rings. The van der Waals surface area contributed by atoms with Crippen LogP contribution in [0, 0.1) is 0 Å². The number of nitrogens with one attached hydrogen (secondary N) is 1. The number of hydrogen-bond donors (Lipinski definition) is 2. The molecule has 0 saturated carbocycles. The summed E-state index contributed by atoms with van der Waals surface area (Å²) in [6, 6.07) is 11.0. The molecule has 2 N–H and O–H groups in total. The molecule has 0 saturated heterocycles. The van der Waals surface area contributed by atoms with Gasteiger partial charge in [-0.05, 0) is 35.9 Å². The second-order valence-corrected chi connectivity index (χ2v) is 5.96. The summed E-state index contributed by atoms with van der Waals surface area (Å²) in [5.41, 5.74) is 1.54. The molecule has 1 atom stereocenters. The van der Waals surface area contributed by atoms with Gasteiger partial charge in [-0.1, -0.05) is 33.6 Å². The van der Waals surface area contributed by atoms with Crippen molar-refractivity contribution in [2.75, 3.05) is 18.7 Å². The van der Waals surface area contributed by atoms with Crippen molar-refractivity contribution in [3.05, 3.63) is 51.5 Å². The number of rotatable bonds is 4. The van der Waals surface area contributed by atoms with Crippen molar-refractivity contribution < 1.29 is 14.6 Å². The largest absolute Gasteiger partial charge is 0.454 e. The van der Waals surface area contributed by atoms with E-state index in [-0.39, 0.29) is 6.79 Å². The lowest BCUT2D eigenvalue weighted by atomic mass is 10.1. The summed E-state index contributed by atoms with van der Waals surface area (Å²) in [6.45, 7) is 0.572. The lowest BCUT2D eigenvalue weighted by Crippen LogP contribution is -2.12. The van der Waals surface area contributed by atoms with Gasteiger partial charge in [-0.3, -0.25) is 0 Å². The van der Waals surface area contributed by atoms with E-state index in [2.05, 4.69) is 21.2 Å². The van der Waals surface area contributed by atoms with Crippen LogP contribution in [0.15, 0.2) is 40.9 Å². The fourth-order valence-electron chi connectivity index (χ4n) is 2.08. The standard InChI is InChI=1S/C15H13BrClNO3/c16-10-2-3-12(11(17)6-10)18-7-13(19)9-1-4-14-15(5-9)21-8-20-14/h1-6,13,18-19H,7-8H2. The van der Waals surface area contributed by atoms with Gasteiger partial charge in [-0.25, -0.2) is 0 Å². The van der Waals surface area contributed by atoms with Crippen molar-refractivity contribution in [1.82, 2.24) is 0 Å². The number of aliphatic hydroxyl groups excluding tert-OH is 1. The van der Waals surface area contributed by atoms with Gasteiger partial charge in [0.05, 0.1) is 16.8 Å². The maximum atomic E-state index is 10.2. The molecule has 21 heavy (non-hydrogen) atoms. The molecule has 0 aromatic heterocycles. The monoisotopic (exact) mass is 369 g/mol. The van der Waals surface area contributed by atoms with E-state index in [4.69, 9.17) is 21.1 Å². The molecule has 110 valence electrons. The number of anilines is 1. The van der Waals surface area contributed by atoms with Gasteiger partial charge in [0.1, 0.15) is 0 Å². The van der Waals surface area contributed by atoms with E-state index in [1.54, 1.807) is 18.2 Å². The Morgan fingerprint density at radius 3 is 2.81 bits per heavy atom. The highest BCUT2D eigenvalue weighted by atomic mass is 79.9. The average Bonchev–Trinajstić information content (AvgIpc) is 2.93. The van der Waals surface area contributed by atoms with Crippen LogP contribution in [-0.2, 0) is 0 Å². The topological polar surface area (TPSA) is 50.7 Å². The smallest absolute Gasteiger partial charge is 0.231 e. The maximum Gasteiger partial charge on any atom is 0.231 e. The Morgan fingerprint density at radius 2 is 2.00 bits per heavy atom. The van der Waals surface area contributed by atoms with Gasteiger partial charge < -0.3 is 19.9 Å². The Hall–Kier alpha value is -1.43. The van der Waals surface area contributed by atoms with Crippen LogP contribution in [0.2, 0.25) is 5.02 Å². The predicted molar refractivity (Wildman–Crippen MR) is 85.2 cm³/mol. The van der Waals surface area contributed by atoms with E-state index in [0.717, 1.165) is 15.7 Å². The summed E-state index contributed by atoms with van der Waals surface area (Å²) >= 11 is 9.48. The molecule has 3 rings (SSSR count). The Bertz CT molecular complexity index is 665. The zero-order valence-corrected chi connectivity index (χ0v) is 13.3. The van der Waals surface area contributed by atoms with Gasteiger partial charge >= 0.3 is 0 Å². The van der Waals surface area contributed by atoms with Crippen LogP contribution in [0.5, 0.6) is 11.5 Å². The summed E-state index contributed by atoms with van der Waals surface area (Å²) in [5.74, 6) is 1.36. The molecule has 0 spiro atoms. The quantitative estimate of drug-likeness (QED) is 0.855. The molecule has 0 radical (unpaired) electrons. The van der Waals surface area contributed by atoms with Gasteiger partial charge in [-0.15, -0.1) is 0 Å². The molecule has 4 nitrogen and oxygen atoms in total. The molecule has 1 aliphatic heterocycles. The third-order valence-electron chi connectivity index (χ3n) is 3.20.